The van der Waals surface area contributed by atoms with Gasteiger partial charge in [-0.3, -0.25) is 4.79 Å². The number of hydrogen-bond acceptors (Lipinski definition) is 3. The first-order chi connectivity index (χ1) is 13.4. The first-order valence-electron chi connectivity index (χ1n) is 9.38. The highest BCUT2D eigenvalue weighted by atomic mass is 19.1. The second kappa shape index (κ2) is 8.38. The predicted octanol–water partition coefficient (Wildman–Crippen LogP) is 4.57. The third-order valence-electron chi connectivity index (χ3n) is 4.84. The first kappa shape index (κ1) is 19.8. The van der Waals surface area contributed by atoms with E-state index in [-0.39, 0.29) is 36.7 Å². The fourth-order valence-corrected chi connectivity index (χ4v) is 3.49. The van der Waals surface area contributed by atoms with Crippen LogP contribution in [0.25, 0.3) is 0 Å². The van der Waals surface area contributed by atoms with E-state index < -0.39 is 5.97 Å². The molecule has 4 nitrogen and oxygen atoms in total. The smallest absolute Gasteiger partial charge is 0.336 e. The zero-order valence-electron chi connectivity index (χ0n) is 16.3. The maximum Gasteiger partial charge on any atom is 0.336 e. The van der Waals surface area contributed by atoms with Crippen LogP contribution in [0.15, 0.2) is 65.9 Å². The van der Waals surface area contributed by atoms with E-state index in [0.29, 0.717) is 11.3 Å². The Labute approximate surface area is 164 Å². The SMILES string of the molecule is CC1=C(C(=O)OC(C)C)C(c2ccccc2)CC(=O)N1Cc1ccc(F)cc1. The van der Waals surface area contributed by atoms with Gasteiger partial charge in [0.15, 0.2) is 0 Å². The monoisotopic (exact) mass is 381 g/mol. The van der Waals surface area contributed by atoms with E-state index in [9.17, 15) is 14.0 Å². The molecule has 1 amide bonds. The van der Waals surface area contributed by atoms with Gasteiger partial charge in [0.25, 0.3) is 0 Å². The summed E-state index contributed by atoms with van der Waals surface area (Å²) < 4.78 is 18.7. The summed E-state index contributed by atoms with van der Waals surface area (Å²) in [6.07, 6.45) is -0.0714. The van der Waals surface area contributed by atoms with Gasteiger partial charge in [0.1, 0.15) is 5.82 Å². The van der Waals surface area contributed by atoms with Crippen LogP contribution in [-0.4, -0.2) is 22.9 Å². The van der Waals surface area contributed by atoms with Gasteiger partial charge < -0.3 is 9.64 Å². The Hall–Kier alpha value is -2.95. The molecule has 1 aliphatic heterocycles. The number of carbonyl (C=O) groups is 2. The van der Waals surface area contributed by atoms with Crippen LogP contribution in [0.5, 0.6) is 0 Å². The zero-order chi connectivity index (χ0) is 20.3. The average Bonchev–Trinajstić information content (AvgIpc) is 2.66. The van der Waals surface area contributed by atoms with Crippen molar-refractivity contribution in [2.24, 2.45) is 0 Å². The van der Waals surface area contributed by atoms with Crippen LogP contribution in [0, 0.1) is 5.82 Å². The minimum absolute atomic E-state index is 0.0724. The number of rotatable bonds is 5. The molecule has 0 aliphatic carbocycles. The molecule has 1 atom stereocenters. The highest BCUT2D eigenvalue weighted by molar-refractivity contribution is 5.96. The second-order valence-corrected chi connectivity index (χ2v) is 7.23. The average molecular weight is 381 g/mol. The molecule has 3 rings (SSSR count). The number of nitrogens with zero attached hydrogens (tertiary/aromatic N) is 1. The van der Waals surface area contributed by atoms with E-state index in [1.165, 1.54) is 12.1 Å². The third-order valence-corrected chi connectivity index (χ3v) is 4.84. The van der Waals surface area contributed by atoms with Crippen molar-refractivity contribution in [3.8, 4) is 0 Å². The fraction of sp³-hybridized carbons (Fsp3) is 0.304. The number of amides is 1. The van der Waals surface area contributed by atoms with Gasteiger partial charge in [-0.05, 0) is 44.0 Å². The number of carbonyl (C=O) groups excluding carboxylic acids is 2. The molecule has 146 valence electrons. The molecule has 2 aromatic carbocycles. The summed E-state index contributed by atoms with van der Waals surface area (Å²) in [5, 5.41) is 0. The minimum atomic E-state index is -0.405. The summed E-state index contributed by atoms with van der Waals surface area (Å²) in [5.74, 6) is -1.15. The maximum absolute atomic E-state index is 13.2. The number of halogens is 1. The molecule has 0 aromatic heterocycles. The molecule has 5 heteroatoms. The summed E-state index contributed by atoms with van der Waals surface area (Å²) in [4.78, 5) is 27.4. The van der Waals surface area contributed by atoms with Crippen molar-refractivity contribution >= 4 is 11.9 Å². The Kier molecular flexibility index (Phi) is 5.93. The van der Waals surface area contributed by atoms with Crippen LogP contribution in [0.3, 0.4) is 0 Å². The molecule has 1 unspecified atom stereocenters. The van der Waals surface area contributed by atoms with Gasteiger partial charge in [0.05, 0.1) is 18.2 Å². The highest BCUT2D eigenvalue weighted by Gasteiger charge is 2.37. The zero-order valence-corrected chi connectivity index (χ0v) is 16.3. The van der Waals surface area contributed by atoms with E-state index in [4.69, 9.17) is 4.74 Å². The van der Waals surface area contributed by atoms with Gasteiger partial charge in [-0.25, -0.2) is 9.18 Å². The van der Waals surface area contributed by atoms with Crippen molar-refractivity contribution in [2.45, 2.75) is 45.8 Å². The van der Waals surface area contributed by atoms with Crippen LogP contribution < -0.4 is 0 Å². The predicted molar refractivity (Wildman–Crippen MR) is 105 cm³/mol. The Morgan fingerprint density at radius 3 is 2.39 bits per heavy atom. The normalized spacial score (nSPS) is 17.2. The summed E-state index contributed by atoms with van der Waals surface area (Å²) >= 11 is 0. The van der Waals surface area contributed by atoms with Crippen molar-refractivity contribution in [2.75, 3.05) is 0 Å². The number of hydrogen-bond donors (Lipinski definition) is 0. The van der Waals surface area contributed by atoms with Crippen molar-refractivity contribution in [3.05, 3.63) is 82.8 Å². The molecule has 0 bridgehead atoms. The lowest BCUT2D eigenvalue weighted by atomic mass is 9.83. The van der Waals surface area contributed by atoms with E-state index in [2.05, 4.69) is 0 Å². The van der Waals surface area contributed by atoms with Crippen LogP contribution in [0.4, 0.5) is 4.39 Å². The highest BCUT2D eigenvalue weighted by Crippen LogP contribution is 2.37. The lowest BCUT2D eigenvalue weighted by Gasteiger charge is -2.34. The molecule has 0 N–H and O–H groups in total. The standard InChI is InChI=1S/C23H24FNO3/c1-15(2)28-23(27)22-16(3)25(14-17-9-11-19(24)12-10-17)21(26)13-20(22)18-7-5-4-6-8-18/h4-12,15,20H,13-14H2,1-3H3. The Morgan fingerprint density at radius 2 is 1.79 bits per heavy atom. The molecule has 1 aliphatic rings. The second-order valence-electron chi connectivity index (χ2n) is 7.23. The molecule has 0 spiro atoms. The van der Waals surface area contributed by atoms with Gasteiger partial charge in [0, 0.05) is 18.0 Å². The van der Waals surface area contributed by atoms with E-state index in [0.717, 1.165) is 11.1 Å². The van der Waals surface area contributed by atoms with Crippen molar-refractivity contribution in [1.82, 2.24) is 4.90 Å². The molecule has 28 heavy (non-hydrogen) atoms. The first-order valence-corrected chi connectivity index (χ1v) is 9.38. The summed E-state index contributed by atoms with van der Waals surface area (Å²) in [7, 11) is 0. The fourth-order valence-electron chi connectivity index (χ4n) is 3.49. The van der Waals surface area contributed by atoms with Crippen LogP contribution in [-0.2, 0) is 20.9 Å². The molecule has 0 radical (unpaired) electrons. The topological polar surface area (TPSA) is 46.6 Å². The number of benzene rings is 2. The summed E-state index contributed by atoms with van der Waals surface area (Å²) in [6.45, 7) is 5.66. The Morgan fingerprint density at radius 1 is 1.14 bits per heavy atom. The van der Waals surface area contributed by atoms with Crippen molar-refractivity contribution in [3.63, 3.8) is 0 Å². The van der Waals surface area contributed by atoms with Crippen molar-refractivity contribution in [1.29, 1.82) is 0 Å². The quantitative estimate of drug-likeness (QED) is 0.713. The largest absolute Gasteiger partial charge is 0.460 e. The molecular formula is C23H24FNO3. The lowest BCUT2D eigenvalue weighted by molar-refractivity contribution is -0.143. The summed E-state index contributed by atoms with van der Waals surface area (Å²) in [5.41, 5.74) is 2.79. The van der Waals surface area contributed by atoms with Gasteiger partial charge in [-0.1, -0.05) is 42.5 Å². The van der Waals surface area contributed by atoms with Gasteiger partial charge in [-0.2, -0.15) is 0 Å². The van der Waals surface area contributed by atoms with Gasteiger partial charge in [0.2, 0.25) is 5.91 Å². The maximum atomic E-state index is 13.2. The molecular weight excluding hydrogens is 357 g/mol. The molecule has 0 saturated heterocycles. The summed E-state index contributed by atoms with van der Waals surface area (Å²) in [6, 6.07) is 15.5. The van der Waals surface area contributed by atoms with E-state index >= 15 is 0 Å². The van der Waals surface area contributed by atoms with Crippen LogP contribution in [0.2, 0.25) is 0 Å². The number of ether oxygens (including phenoxy) is 1. The number of allylic oxidation sites excluding steroid dienone is 1. The van der Waals surface area contributed by atoms with Crippen molar-refractivity contribution < 1.29 is 18.7 Å². The Bertz CT molecular complexity index is 888. The van der Waals surface area contributed by atoms with E-state index in [1.807, 2.05) is 30.3 Å². The third kappa shape index (κ3) is 4.30. The van der Waals surface area contributed by atoms with Gasteiger partial charge >= 0.3 is 5.97 Å². The van der Waals surface area contributed by atoms with Crippen LogP contribution in [0.1, 0.15) is 44.2 Å². The molecule has 2 aromatic rings. The lowest BCUT2D eigenvalue weighted by Crippen LogP contribution is -2.38. The number of esters is 1. The molecule has 0 fully saturated rings. The minimum Gasteiger partial charge on any atom is -0.460 e. The van der Waals surface area contributed by atoms with E-state index in [1.54, 1.807) is 37.8 Å². The Balaban J connectivity index is 2.01. The van der Waals surface area contributed by atoms with Crippen LogP contribution >= 0.6 is 0 Å². The molecule has 1 heterocycles. The molecule has 0 saturated carbocycles. The van der Waals surface area contributed by atoms with Gasteiger partial charge in [-0.15, -0.1) is 0 Å².